The molecule has 0 spiro atoms. The van der Waals surface area contributed by atoms with Crippen molar-refractivity contribution in [2.45, 2.75) is 6.10 Å². The standard InChI is InChI=1S/C17H14BrNO4/c18-11-14(20)15(19-22)17(21)23-16(12-7-3-1-4-8-12)13-9-5-2-6-10-13/h1-10,16,22H,11H2. The summed E-state index contributed by atoms with van der Waals surface area (Å²) in [6.45, 7) is 0. The van der Waals surface area contributed by atoms with Crippen molar-refractivity contribution in [3.8, 4) is 0 Å². The Morgan fingerprint density at radius 2 is 1.48 bits per heavy atom. The van der Waals surface area contributed by atoms with Gasteiger partial charge in [-0.25, -0.2) is 4.79 Å². The Bertz CT molecular complexity index is 662. The second-order valence-electron chi connectivity index (χ2n) is 4.61. The molecule has 0 aliphatic heterocycles. The molecule has 0 radical (unpaired) electrons. The lowest BCUT2D eigenvalue weighted by Crippen LogP contribution is -2.29. The Balaban J connectivity index is 2.33. The first-order chi connectivity index (χ1) is 11.2. The predicted molar refractivity (Wildman–Crippen MR) is 88.8 cm³/mol. The number of carbonyl (C=O) groups is 2. The fourth-order valence-electron chi connectivity index (χ4n) is 2.02. The number of oxime groups is 1. The van der Waals surface area contributed by atoms with Crippen LogP contribution in [0.5, 0.6) is 0 Å². The van der Waals surface area contributed by atoms with Crippen molar-refractivity contribution in [2.75, 3.05) is 5.33 Å². The van der Waals surface area contributed by atoms with Crippen LogP contribution in [0.4, 0.5) is 0 Å². The molecule has 0 saturated carbocycles. The zero-order chi connectivity index (χ0) is 16.7. The van der Waals surface area contributed by atoms with Crippen LogP contribution in [0.15, 0.2) is 65.8 Å². The van der Waals surface area contributed by atoms with E-state index in [1.54, 1.807) is 0 Å². The van der Waals surface area contributed by atoms with Crippen LogP contribution in [0.2, 0.25) is 0 Å². The number of halogens is 1. The zero-order valence-electron chi connectivity index (χ0n) is 12.1. The van der Waals surface area contributed by atoms with Gasteiger partial charge in [-0.05, 0) is 11.1 Å². The quantitative estimate of drug-likeness (QED) is 0.210. The summed E-state index contributed by atoms with van der Waals surface area (Å²) in [5, 5.41) is 11.5. The molecule has 0 bridgehead atoms. The SMILES string of the molecule is O=C(CBr)C(=NO)C(=O)OC(c1ccccc1)c1ccccc1. The van der Waals surface area contributed by atoms with Crippen molar-refractivity contribution in [1.29, 1.82) is 0 Å². The van der Waals surface area contributed by atoms with Gasteiger partial charge in [0.15, 0.2) is 6.10 Å². The highest BCUT2D eigenvalue weighted by Crippen LogP contribution is 2.26. The van der Waals surface area contributed by atoms with Crippen LogP contribution < -0.4 is 0 Å². The number of alkyl halides is 1. The predicted octanol–water partition coefficient (Wildman–Crippen LogP) is 3.11. The monoisotopic (exact) mass is 375 g/mol. The second kappa shape index (κ2) is 8.24. The number of hydrogen-bond acceptors (Lipinski definition) is 5. The average Bonchev–Trinajstić information content (AvgIpc) is 2.61. The second-order valence-corrected chi connectivity index (χ2v) is 5.17. The Labute approximate surface area is 141 Å². The van der Waals surface area contributed by atoms with Crippen LogP contribution in [0.25, 0.3) is 0 Å². The summed E-state index contributed by atoms with van der Waals surface area (Å²) in [7, 11) is 0. The van der Waals surface area contributed by atoms with E-state index < -0.39 is 23.6 Å². The molecule has 6 heteroatoms. The normalized spacial score (nSPS) is 11.3. The third kappa shape index (κ3) is 4.26. The van der Waals surface area contributed by atoms with Gasteiger partial charge in [0, 0.05) is 0 Å². The lowest BCUT2D eigenvalue weighted by Gasteiger charge is -2.18. The summed E-state index contributed by atoms with van der Waals surface area (Å²) >= 11 is 2.93. The van der Waals surface area contributed by atoms with Crippen molar-refractivity contribution in [2.24, 2.45) is 5.16 Å². The molecule has 1 N–H and O–H groups in total. The van der Waals surface area contributed by atoms with Gasteiger partial charge >= 0.3 is 5.97 Å². The third-order valence-corrected chi connectivity index (χ3v) is 3.62. The van der Waals surface area contributed by atoms with Gasteiger partial charge in [-0.15, -0.1) is 0 Å². The van der Waals surface area contributed by atoms with Gasteiger partial charge in [-0.3, -0.25) is 4.79 Å². The number of ketones is 1. The number of carbonyl (C=O) groups excluding carboxylic acids is 2. The molecule has 0 atom stereocenters. The molecule has 0 fully saturated rings. The van der Waals surface area contributed by atoms with Crippen molar-refractivity contribution in [3.05, 3.63) is 71.8 Å². The molecule has 23 heavy (non-hydrogen) atoms. The zero-order valence-corrected chi connectivity index (χ0v) is 13.6. The van der Waals surface area contributed by atoms with Crippen molar-refractivity contribution < 1.29 is 19.5 Å². The minimum atomic E-state index is -0.977. The third-order valence-electron chi connectivity index (χ3n) is 3.11. The van der Waals surface area contributed by atoms with Crippen LogP contribution in [-0.2, 0) is 14.3 Å². The number of Topliss-reactive ketones (excluding diaryl/α,β-unsaturated/α-hetero) is 1. The van der Waals surface area contributed by atoms with Crippen molar-refractivity contribution in [1.82, 2.24) is 0 Å². The summed E-state index contributed by atoms with van der Waals surface area (Å²) in [6.07, 6.45) is -0.704. The van der Waals surface area contributed by atoms with Crippen LogP contribution >= 0.6 is 15.9 Å². The Kier molecular flexibility index (Phi) is 6.05. The molecule has 2 rings (SSSR count). The van der Waals surface area contributed by atoms with Crippen molar-refractivity contribution in [3.63, 3.8) is 0 Å². The van der Waals surface area contributed by atoms with Crippen LogP contribution in [0.3, 0.4) is 0 Å². The molecule has 0 unspecified atom stereocenters. The molecule has 118 valence electrons. The number of rotatable bonds is 6. The van der Waals surface area contributed by atoms with Gasteiger partial charge < -0.3 is 9.94 Å². The summed E-state index contributed by atoms with van der Waals surface area (Å²) in [6, 6.07) is 18.2. The van der Waals surface area contributed by atoms with Crippen LogP contribution in [0, 0.1) is 0 Å². The Morgan fingerprint density at radius 1 is 1.00 bits per heavy atom. The number of esters is 1. The number of nitrogens with zero attached hydrogens (tertiary/aromatic N) is 1. The lowest BCUT2D eigenvalue weighted by molar-refractivity contribution is -0.139. The van der Waals surface area contributed by atoms with E-state index in [1.165, 1.54) is 0 Å². The maximum atomic E-state index is 12.2. The molecule has 0 saturated heterocycles. The van der Waals surface area contributed by atoms with E-state index >= 15 is 0 Å². The maximum Gasteiger partial charge on any atom is 0.365 e. The van der Waals surface area contributed by atoms with Gasteiger partial charge in [-0.1, -0.05) is 81.7 Å². The highest BCUT2D eigenvalue weighted by atomic mass is 79.9. The van der Waals surface area contributed by atoms with E-state index in [9.17, 15) is 9.59 Å². The first-order valence-electron chi connectivity index (χ1n) is 6.79. The van der Waals surface area contributed by atoms with E-state index in [1.807, 2.05) is 60.7 Å². The summed E-state index contributed by atoms with van der Waals surface area (Å²) < 4.78 is 5.43. The van der Waals surface area contributed by atoms with E-state index in [2.05, 4.69) is 21.1 Å². The van der Waals surface area contributed by atoms with E-state index in [0.717, 1.165) is 11.1 Å². The first-order valence-corrected chi connectivity index (χ1v) is 7.91. The fourth-order valence-corrected chi connectivity index (χ4v) is 2.29. The molecule has 0 heterocycles. The van der Waals surface area contributed by atoms with Gasteiger partial charge in [0.1, 0.15) is 0 Å². The number of hydrogen-bond donors (Lipinski definition) is 1. The molecule has 0 aliphatic rings. The summed E-state index contributed by atoms with van der Waals surface area (Å²) in [4.78, 5) is 23.8. The molecular weight excluding hydrogens is 362 g/mol. The van der Waals surface area contributed by atoms with E-state index in [0.29, 0.717) is 0 Å². The Hall–Kier alpha value is -2.47. The fraction of sp³-hybridized carbons (Fsp3) is 0.118. The first kappa shape index (κ1) is 16.9. The molecule has 2 aromatic rings. The van der Waals surface area contributed by atoms with Gasteiger partial charge in [-0.2, -0.15) is 0 Å². The molecule has 0 aliphatic carbocycles. The molecule has 2 aromatic carbocycles. The minimum absolute atomic E-state index is 0.136. The highest BCUT2D eigenvalue weighted by Gasteiger charge is 2.26. The van der Waals surface area contributed by atoms with Gasteiger partial charge in [0.2, 0.25) is 11.5 Å². The highest BCUT2D eigenvalue weighted by molar-refractivity contribution is 9.09. The van der Waals surface area contributed by atoms with Crippen LogP contribution in [0.1, 0.15) is 17.2 Å². The number of ether oxygens (including phenoxy) is 1. The van der Waals surface area contributed by atoms with Gasteiger partial charge in [0.05, 0.1) is 5.33 Å². The Morgan fingerprint density at radius 3 is 1.87 bits per heavy atom. The largest absolute Gasteiger partial charge is 0.448 e. The molecular formula is C17H14BrNO4. The summed E-state index contributed by atoms with van der Waals surface area (Å²) in [5.74, 6) is -1.63. The van der Waals surface area contributed by atoms with Gasteiger partial charge in [0.25, 0.3) is 0 Å². The maximum absolute atomic E-state index is 12.2. The molecule has 0 amide bonds. The number of benzene rings is 2. The van der Waals surface area contributed by atoms with Crippen molar-refractivity contribution >= 4 is 33.4 Å². The summed E-state index contributed by atoms with van der Waals surface area (Å²) in [5.41, 5.74) is 0.852. The topological polar surface area (TPSA) is 76.0 Å². The molecule has 0 aromatic heterocycles. The minimum Gasteiger partial charge on any atom is -0.448 e. The smallest absolute Gasteiger partial charge is 0.365 e. The van der Waals surface area contributed by atoms with Crippen LogP contribution in [-0.4, -0.2) is 28.0 Å². The average molecular weight is 376 g/mol. The lowest BCUT2D eigenvalue weighted by atomic mass is 10.0. The van der Waals surface area contributed by atoms with E-state index in [4.69, 9.17) is 9.94 Å². The molecule has 5 nitrogen and oxygen atoms in total. The van der Waals surface area contributed by atoms with E-state index in [-0.39, 0.29) is 5.33 Å².